The maximum absolute atomic E-state index is 12.4. The van der Waals surface area contributed by atoms with Crippen molar-refractivity contribution in [2.45, 2.75) is 16.3 Å². The van der Waals surface area contributed by atoms with E-state index in [0.717, 1.165) is 21.0 Å². The number of hydrogen-bond acceptors (Lipinski definition) is 4. The van der Waals surface area contributed by atoms with Crippen molar-refractivity contribution in [3.05, 3.63) is 95.6 Å². The summed E-state index contributed by atoms with van der Waals surface area (Å²) in [5, 5.41) is 0. The quantitative estimate of drug-likeness (QED) is 0.399. The Kier molecular flexibility index (Phi) is 6.88. The van der Waals surface area contributed by atoms with Crippen molar-refractivity contribution in [2.75, 3.05) is 10.8 Å². The number of carbonyl (C=O) groups is 1. The second-order valence-corrected chi connectivity index (χ2v) is 10.8. The fourth-order valence-electron chi connectivity index (χ4n) is 3.40. The van der Waals surface area contributed by atoms with Crippen LogP contribution >= 0.6 is 31.9 Å². The molecule has 3 aromatic rings. The molecule has 1 amide bonds. The predicted molar refractivity (Wildman–Crippen MR) is 131 cm³/mol. The molecule has 0 aromatic heterocycles. The minimum absolute atomic E-state index is 0.0183. The lowest BCUT2D eigenvalue weighted by Crippen LogP contribution is -2.29. The number of nitrogens with zero attached hydrogens (tertiary/aromatic N) is 1. The summed E-state index contributed by atoms with van der Waals surface area (Å²) in [6, 6.07) is 24.9. The smallest absolute Gasteiger partial charge is 0.326 e. The molecule has 1 N–H and O–H groups in total. The molecule has 1 heterocycles. The lowest BCUT2D eigenvalue weighted by Gasteiger charge is -2.23. The van der Waals surface area contributed by atoms with E-state index in [2.05, 4.69) is 31.9 Å². The van der Waals surface area contributed by atoms with E-state index in [1.165, 1.54) is 0 Å². The molecule has 0 aliphatic carbocycles. The number of alkyl halides is 2. The Morgan fingerprint density at radius 1 is 0.906 bits per heavy atom. The van der Waals surface area contributed by atoms with Gasteiger partial charge in [0.25, 0.3) is 5.91 Å². The largest absolute Gasteiger partial charge is 0.487 e. The third-order valence-electron chi connectivity index (χ3n) is 5.00. The van der Waals surface area contributed by atoms with Crippen LogP contribution < -0.4 is 13.8 Å². The van der Waals surface area contributed by atoms with Gasteiger partial charge in [-0.3, -0.25) is 4.79 Å². The van der Waals surface area contributed by atoms with Gasteiger partial charge in [-0.25, -0.2) is 9.03 Å². The van der Waals surface area contributed by atoms with E-state index in [1.807, 2.05) is 77.5 Å². The van der Waals surface area contributed by atoms with Gasteiger partial charge in [0, 0.05) is 0 Å². The van der Waals surface area contributed by atoms with Crippen LogP contribution in [0.4, 0.5) is 5.69 Å². The summed E-state index contributed by atoms with van der Waals surface area (Å²) in [5.74, 6) is -0.199. The predicted octanol–water partition coefficient (Wildman–Crippen LogP) is 5.02. The van der Waals surface area contributed by atoms with Gasteiger partial charge in [-0.1, -0.05) is 98.6 Å². The van der Waals surface area contributed by atoms with Gasteiger partial charge >= 0.3 is 10.2 Å². The average molecular weight is 580 g/mol. The summed E-state index contributed by atoms with van der Waals surface area (Å²) < 4.78 is 34.0. The molecule has 2 atom stereocenters. The van der Waals surface area contributed by atoms with Crippen molar-refractivity contribution < 1.29 is 17.9 Å². The number of nitrogens with one attached hydrogen (secondary N) is 1. The highest BCUT2D eigenvalue weighted by atomic mass is 79.9. The highest BCUT2D eigenvalue weighted by molar-refractivity contribution is 9.12. The van der Waals surface area contributed by atoms with E-state index in [-0.39, 0.29) is 22.8 Å². The zero-order valence-corrected chi connectivity index (χ0v) is 20.8. The first-order valence-corrected chi connectivity index (χ1v) is 13.1. The zero-order valence-electron chi connectivity index (χ0n) is 16.8. The van der Waals surface area contributed by atoms with Crippen LogP contribution in [0.2, 0.25) is 0 Å². The average Bonchev–Trinajstić information content (AvgIpc) is 3.09. The number of rotatable bonds is 7. The van der Waals surface area contributed by atoms with Gasteiger partial charge in [0.1, 0.15) is 18.9 Å². The molecule has 0 radical (unpaired) electrons. The normalized spacial score (nSPS) is 16.9. The van der Waals surface area contributed by atoms with Crippen LogP contribution in [-0.4, -0.2) is 20.9 Å². The molecule has 6 nitrogen and oxygen atoms in total. The minimum Gasteiger partial charge on any atom is -0.487 e. The number of carbonyl (C=O) groups excluding carboxylic acids is 1. The summed E-state index contributed by atoms with van der Waals surface area (Å²) >= 11 is 7.51. The van der Waals surface area contributed by atoms with Crippen molar-refractivity contribution in [1.29, 1.82) is 0 Å². The molecule has 0 bridgehead atoms. The van der Waals surface area contributed by atoms with Crippen LogP contribution in [0.5, 0.6) is 5.75 Å². The van der Waals surface area contributed by atoms with Crippen LogP contribution in [0.3, 0.4) is 0 Å². The number of hydrogen-bond donors (Lipinski definition) is 1. The van der Waals surface area contributed by atoms with Crippen LogP contribution in [0.15, 0.2) is 78.9 Å². The fraction of sp³-hybridized carbons (Fsp3) is 0.174. The van der Waals surface area contributed by atoms with Crippen LogP contribution in [0.1, 0.15) is 26.3 Å². The molecular formula is C23H20Br2N2O4S. The Balaban J connectivity index is 1.68. The Bertz CT molecular complexity index is 1210. The summed E-state index contributed by atoms with van der Waals surface area (Å²) in [6.45, 7) is -0.0257. The minimum atomic E-state index is -3.95. The SMILES string of the molecule is O=C1CN(c2ccc(C(Br)C(Br)c3ccccc3)cc2OCc2ccccc2)S(=O)(=O)N1. The molecule has 1 aliphatic rings. The molecule has 1 fully saturated rings. The molecule has 0 spiro atoms. The summed E-state index contributed by atoms with van der Waals surface area (Å²) in [6.07, 6.45) is 0. The van der Waals surface area contributed by atoms with Crippen LogP contribution in [-0.2, 0) is 21.6 Å². The van der Waals surface area contributed by atoms with E-state index in [4.69, 9.17) is 4.74 Å². The van der Waals surface area contributed by atoms with Gasteiger partial charge in [-0.2, -0.15) is 8.42 Å². The van der Waals surface area contributed by atoms with E-state index in [9.17, 15) is 13.2 Å². The number of halogens is 2. The van der Waals surface area contributed by atoms with Crippen molar-refractivity contribution >= 4 is 53.7 Å². The molecule has 0 saturated carbocycles. The third kappa shape index (κ3) is 5.00. The number of anilines is 1. The van der Waals surface area contributed by atoms with E-state index in [0.29, 0.717) is 11.4 Å². The number of benzene rings is 3. The molecule has 1 aliphatic heterocycles. The lowest BCUT2D eigenvalue weighted by atomic mass is 10.0. The van der Waals surface area contributed by atoms with Crippen molar-refractivity contribution in [2.24, 2.45) is 0 Å². The molecule has 166 valence electrons. The molecular weight excluding hydrogens is 560 g/mol. The topological polar surface area (TPSA) is 75.7 Å². The maximum Gasteiger partial charge on any atom is 0.326 e. The molecule has 3 aromatic carbocycles. The van der Waals surface area contributed by atoms with Gasteiger partial charge in [0.15, 0.2) is 0 Å². The fourth-order valence-corrected chi connectivity index (χ4v) is 5.76. The molecule has 9 heteroatoms. The van der Waals surface area contributed by atoms with Crippen molar-refractivity contribution in [3.8, 4) is 5.75 Å². The van der Waals surface area contributed by atoms with Gasteiger partial charge in [0.05, 0.1) is 15.3 Å². The van der Waals surface area contributed by atoms with Gasteiger partial charge < -0.3 is 4.74 Å². The number of ether oxygens (including phenoxy) is 1. The highest BCUT2D eigenvalue weighted by Gasteiger charge is 2.36. The first kappa shape index (κ1) is 22.8. The summed E-state index contributed by atoms with van der Waals surface area (Å²) in [5.41, 5.74) is 3.26. The standard InChI is InChI=1S/C23H20Br2N2O4S/c24-22(17-9-5-2-6-10-17)23(25)18-11-12-19(27-14-21(28)26-32(27,29)30)20(13-18)31-15-16-7-3-1-4-8-16/h1-13,22-23H,14-15H2,(H,26,28). The third-order valence-corrected chi connectivity index (χ3v) is 9.22. The highest BCUT2D eigenvalue weighted by Crippen LogP contribution is 2.44. The molecule has 32 heavy (non-hydrogen) atoms. The monoisotopic (exact) mass is 578 g/mol. The summed E-state index contributed by atoms with van der Waals surface area (Å²) in [4.78, 5) is 11.6. The number of amides is 1. The lowest BCUT2D eigenvalue weighted by molar-refractivity contribution is -0.117. The van der Waals surface area contributed by atoms with E-state index < -0.39 is 16.1 Å². The Hall–Kier alpha value is -2.36. The molecule has 2 unspecified atom stereocenters. The zero-order chi connectivity index (χ0) is 22.7. The molecule has 4 rings (SSSR count). The van der Waals surface area contributed by atoms with Crippen LogP contribution in [0.25, 0.3) is 0 Å². The van der Waals surface area contributed by atoms with Gasteiger partial charge in [0.2, 0.25) is 0 Å². The van der Waals surface area contributed by atoms with E-state index in [1.54, 1.807) is 6.07 Å². The Labute approximate surface area is 204 Å². The second kappa shape index (κ2) is 9.64. The summed E-state index contributed by atoms with van der Waals surface area (Å²) in [7, 11) is -3.95. The second-order valence-electron chi connectivity index (χ2n) is 7.25. The van der Waals surface area contributed by atoms with Gasteiger partial charge in [-0.05, 0) is 28.8 Å². The Morgan fingerprint density at radius 2 is 1.53 bits per heavy atom. The van der Waals surface area contributed by atoms with Crippen molar-refractivity contribution in [1.82, 2.24) is 4.72 Å². The van der Waals surface area contributed by atoms with Gasteiger partial charge in [-0.15, -0.1) is 0 Å². The molecule has 1 saturated heterocycles. The van der Waals surface area contributed by atoms with Crippen molar-refractivity contribution in [3.63, 3.8) is 0 Å². The Morgan fingerprint density at radius 3 is 2.16 bits per heavy atom. The first-order valence-electron chi connectivity index (χ1n) is 9.82. The first-order chi connectivity index (χ1) is 15.3. The van der Waals surface area contributed by atoms with E-state index >= 15 is 0 Å². The van der Waals surface area contributed by atoms with Crippen LogP contribution in [0, 0.1) is 0 Å². The maximum atomic E-state index is 12.4.